The number of benzene rings is 1. The molecule has 37 heavy (non-hydrogen) atoms. The Labute approximate surface area is 218 Å². The van der Waals surface area contributed by atoms with Gasteiger partial charge in [0.25, 0.3) is 5.91 Å². The lowest BCUT2D eigenvalue weighted by Crippen LogP contribution is -2.36. The van der Waals surface area contributed by atoms with E-state index in [1.807, 2.05) is 12.1 Å². The number of likely N-dealkylation sites (tertiary alicyclic amines) is 1. The molecule has 0 spiro atoms. The van der Waals surface area contributed by atoms with Crippen LogP contribution in [-0.2, 0) is 6.42 Å². The van der Waals surface area contributed by atoms with Gasteiger partial charge in [0.1, 0.15) is 0 Å². The minimum absolute atomic E-state index is 0.0855. The number of aromatic amines is 1. The molecule has 4 heterocycles. The molecule has 0 radical (unpaired) electrons. The van der Waals surface area contributed by atoms with Gasteiger partial charge in [-0.15, -0.1) is 0 Å². The molecule has 1 saturated carbocycles. The molecular formula is C27H24ClN5O4. The molecule has 9 nitrogen and oxygen atoms in total. The summed E-state index contributed by atoms with van der Waals surface area (Å²) in [4.78, 5) is 33.9. The van der Waals surface area contributed by atoms with Crippen LogP contribution in [0.4, 0.5) is 16.2 Å². The Morgan fingerprint density at radius 3 is 3.00 bits per heavy atom. The van der Waals surface area contributed by atoms with Crippen molar-refractivity contribution in [2.24, 2.45) is 5.92 Å². The number of carboxylic acid groups (broad SMARTS) is 1. The summed E-state index contributed by atoms with van der Waals surface area (Å²) in [6.07, 6.45) is 4.71. The fourth-order valence-electron chi connectivity index (χ4n) is 5.39. The number of carbonyl (C=O) groups excluding carboxylic acids is 1. The van der Waals surface area contributed by atoms with Gasteiger partial charge in [-0.25, -0.2) is 4.79 Å². The lowest BCUT2D eigenvalue weighted by Gasteiger charge is -2.19. The number of anilines is 2. The minimum atomic E-state index is -0.930. The number of hydrogen-bond acceptors (Lipinski definition) is 5. The Hall–Kier alpha value is -4.16. The number of aromatic nitrogens is 2. The number of carbonyl (C=O) groups is 2. The standard InChI is InChI=1S/C27H24ClN5O4/c1-37-25-18(28)3-2-4-20(25)32-24-22-19(8-10-30-26(22)34)31-23(24)17-7-9-29-13-14(17)5-6-16-11-15-12-21(15)33(16)27(35)36/h2-4,7,9,13,15-16,21,31-32H,8,10-12H2,1H3,(H,30,34)(H,35,36)/t15-,16-,21+/m0/s1. The topological polar surface area (TPSA) is 120 Å². The van der Waals surface area contributed by atoms with Gasteiger partial charge in [0, 0.05) is 42.7 Å². The van der Waals surface area contributed by atoms with Gasteiger partial charge in [-0.05, 0) is 37.0 Å². The lowest BCUT2D eigenvalue weighted by atomic mass is 10.0. The largest absolute Gasteiger partial charge is 0.493 e. The van der Waals surface area contributed by atoms with Gasteiger partial charge in [0.2, 0.25) is 0 Å². The number of amides is 2. The summed E-state index contributed by atoms with van der Waals surface area (Å²) in [5, 5.41) is 16.4. The minimum Gasteiger partial charge on any atom is -0.493 e. The Balaban J connectivity index is 1.44. The Morgan fingerprint density at radius 1 is 1.32 bits per heavy atom. The zero-order chi connectivity index (χ0) is 25.7. The maximum absolute atomic E-state index is 13.0. The van der Waals surface area contributed by atoms with Gasteiger partial charge in [-0.1, -0.05) is 29.5 Å². The zero-order valence-corrected chi connectivity index (χ0v) is 20.7. The quantitative estimate of drug-likeness (QED) is 0.384. The van der Waals surface area contributed by atoms with Crippen LogP contribution in [0.15, 0.2) is 36.7 Å². The van der Waals surface area contributed by atoms with Crippen molar-refractivity contribution >= 4 is 35.0 Å². The second kappa shape index (κ2) is 9.05. The number of methoxy groups -OCH3 is 1. The first-order valence-electron chi connectivity index (χ1n) is 12.1. The summed E-state index contributed by atoms with van der Waals surface area (Å²) in [6, 6.07) is 6.94. The van der Waals surface area contributed by atoms with E-state index in [9.17, 15) is 14.7 Å². The molecular weight excluding hydrogens is 494 g/mol. The van der Waals surface area contributed by atoms with E-state index in [0.29, 0.717) is 57.9 Å². The number of pyridine rings is 1. The molecule has 4 N–H and O–H groups in total. The highest BCUT2D eigenvalue weighted by Gasteiger charge is 2.53. The van der Waals surface area contributed by atoms with E-state index in [4.69, 9.17) is 16.3 Å². The van der Waals surface area contributed by atoms with Crippen molar-refractivity contribution < 1.29 is 19.4 Å². The second-order valence-corrected chi connectivity index (χ2v) is 9.78. The average Bonchev–Trinajstić information content (AvgIpc) is 3.38. The number of H-pyrrole nitrogens is 1. The molecule has 0 bridgehead atoms. The third kappa shape index (κ3) is 4.03. The third-order valence-electron chi connectivity index (χ3n) is 7.19. The van der Waals surface area contributed by atoms with Crippen molar-refractivity contribution in [2.45, 2.75) is 31.3 Å². The van der Waals surface area contributed by atoms with Crippen LogP contribution in [0.5, 0.6) is 5.75 Å². The fourth-order valence-corrected chi connectivity index (χ4v) is 5.64. The van der Waals surface area contributed by atoms with Crippen molar-refractivity contribution in [3.8, 4) is 28.8 Å². The summed E-state index contributed by atoms with van der Waals surface area (Å²) in [5.41, 5.74) is 4.58. The number of piperidine rings is 1. The van der Waals surface area contributed by atoms with E-state index >= 15 is 0 Å². The normalized spacial score (nSPS) is 21.3. The van der Waals surface area contributed by atoms with E-state index in [0.717, 1.165) is 24.1 Å². The number of rotatable bonds is 4. The molecule has 1 saturated heterocycles. The molecule has 10 heteroatoms. The number of para-hydroxylation sites is 1. The smallest absolute Gasteiger partial charge is 0.408 e. The van der Waals surface area contributed by atoms with Crippen LogP contribution in [0.25, 0.3) is 11.3 Å². The maximum atomic E-state index is 13.0. The number of halogens is 1. The van der Waals surface area contributed by atoms with Crippen LogP contribution in [0.1, 0.15) is 34.5 Å². The number of nitrogens with one attached hydrogen (secondary N) is 3. The van der Waals surface area contributed by atoms with E-state index in [2.05, 4.69) is 32.4 Å². The molecule has 0 unspecified atom stereocenters. The van der Waals surface area contributed by atoms with Gasteiger partial charge in [0.15, 0.2) is 5.75 Å². The lowest BCUT2D eigenvalue weighted by molar-refractivity contribution is 0.0946. The monoisotopic (exact) mass is 517 g/mol. The summed E-state index contributed by atoms with van der Waals surface area (Å²) in [7, 11) is 1.54. The molecule has 6 rings (SSSR count). The predicted octanol–water partition coefficient (Wildman–Crippen LogP) is 4.26. The van der Waals surface area contributed by atoms with Gasteiger partial charge < -0.3 is 25.5 Å². The van der Waals surface area contributed by atoms with Crippen LogP contribution in [-0.4, -0.2) is 57.7 Å². The molecule has 3 aromatic rings. The van der Waals surface area contributed by atoms with Crippen LogP contribution in [0.2, 0.25) is 5.02 Å². The fraction of sp³-hybridized carbons (Fsp3) is 0.296. The SMILES string of the molecule is COc1c(Cl)cccc1Nc1c(-c2ccncc2C#C[C@H]2C[C@H]3C[C@H]3N2C(=O)O)[nH]c2c1C(=O)NCC2. The predicted molar refractivity (Wildman–Crippen MR) is 138 cm³/mol. The van der Waals surface area contributed by atoms with E-state index < -0.39 is 6.09 Å². The molecule has 2 aromatic heterocycles. The van der Waals surface area contributed by atoms with Crippen LogP contribution < -0.4 is 15.4 Å². The number of nitrogens with zero attached hydrogens (tertiary/aromatic N) is 2. The first-order chi connectivity index (χ1) is 18.0. The molecule has 2 amide bonds. The first kappa shape index (κ1) is 23.3. The summed E-state index contributed by atoms with van der Waals surface area (Å²) >= 11 is 6.35. The molecule has 188 valence electrons. The van der Waals surface area contributed by atoms with Crippen molar-refractivity contribution in [1.82, 2.24) is 20.2 Å². The number of hydrogen-bond donors (Lipinski definition) is 4. The molecule has 1 aromatic carbocycles. The van der Waals surface area contributed by atoms with Gasteiger partial charge >= 0.3 is 6.09 Å². The van der Waals surface area contributed by atoms with Gasteiger partial charge in [0.05, 0.1) is 46.4 Å². The molecule has 3 atom stereocenters. The van der Waals surface area contributed by atoms with Crippen molar-refractivity contribution in [2.75, 3.05) is 19.0 Å². The van der Waals surface area contributed by atoms with E-state index in [1.54, 1.807) is 24.5 Å². The van der Waals surface area contributed by atoms with E-state index in [-0.39, 0.29) is 18.0 Å². The second-order valence-electron chi connectivity index (χ2n) is 9.38. The average molecular weight is 518 g/mol. The first-order valence-corrected chi connectivity index (χ1v) is 12.4. The molecule has 2 fully saturated rings. The van der Waals surface area contributed by atoms with Crippen molar-refractivity contribution in [3.63, 3.8) is 0 Å². The highest BCUT2D eigenvalue weighted by atomic mass is 35.5. The molecule has 3 aliphatic rings. The van der Waals surface area contributed by atoms with E-state index in [1.165, 1.54) is 12.0 Å². The zero-order valence-electron chi connectivity index (χ0n) is 20.0. The van der Waals surface area contributed by atoms with Crippen LogP contribution >= 0.6 is 11.6 Å². The highest BCUT2D eigenvalue weighted by molar-refractivity contribution is 6.32. The van der Waals surface area contributed by atoms with Crippen LogP contribution in [0, 0.1) is 17.8 Å². The molecule has 1 aliphatic carbocycles. The highest BCUT2D eigenvalue weighted by Crippen LogP contribution is 2.47. The summed E-state index contributed by atoms with van der Waals surface area (Å²) < 4.78 is 5.51. The van der Waals surface area contributed by atoms with Crippen molar-refractivity contribution in [1.29, 1.82) is 0 Å². The third-order valence-corrected chi connectivity index (χ3v) is 7.48. The Kier molecular flexibility index (Phi) is 5.69. The number of ether oxygens (including phenoxy) is 1. The Bertz CT molecular complexity index is 1490. The van der Waals surface area contributed by atoms with Gasteiger partial charge in [-0.3, -0.25) is 14.7 Å². The van der Waals surface area contributed by atoms with Crippen LogP contribution in [0.3, 0.4) is 0 Å². The summed E-state index contributed by atoms with van der Waals surface area (Å²) in [6.45, 7) is 0.532. The maximum Gasteiger partial charge on any atom is 0.408 e. The number of fused-ring (bicyclic) bond motifs is 2. The summed E-state index contributed by atoms with van der Waals surface area (Å²) in [5.74, 6) is 7.03. The molecule has 2 aliphatic heterocycles. The van der Waals surface area contributed by atoms with Gasteiger partial charge in [-0.2, -0.15) is 0 Å². The van der Waals surface area contributed by atoms with Crippen molar-refractivity contribution in [3.05, 3.63) is 58.5 Å². The Morgan fingerprint density at radius 2 is 2.19 bits per heavy atom.